The van der Waals surface area contributed by atoms with E-state index in [-0.39, 0.29) is 11.2 Å². The van der Waals surface area contributed by atoms with Crippen molar-refractivity contribution in [3.05, 3.63) is 35.9 Å². The Morgan fingerprint density at radius 1 is 1.24 bits per heavy atom. The van der Waals surface area contributed by atoms with Crippen LogP contribution in [0.3, 0.4) is 0 Å². The summed E-state index contributed by atoms with van der Waals surface area (Å²) in [7, 11) is 1.82. The van der Waals surface area contributed by atoms with Crippen molar-refractivity contribution in [3.8, 4) is 0 Å². The van der Waals surface area contributed by atoms with Gasteiger partial charge in [-0.25, -0.2) is 0 Å². The van der Waals surface area contributed by atoms with Gasteiger partial charge in [0, 0.05) is 39.8 Å². The van der Waals surface area contributed by atoms with Gasteiger partial charge < -0.3 is 10.2 Å². The lowest BCUT2D eigenvalue weighted by Gasteiger charge is -2.35. The van der Waals surface area contributed by atoms with Gasteiger partial charge in [-0.05, 0) is 12.5 Å². The minimum absolute atomic E-state index is 0.140. The fourth-order valence-electron chi connectivity index (χ4n) is 2.79. The van der Waals surface area contributed by atoms with Crippen LogP contribution in [0.2, 0.25) is 0 Å². The van der Waals surface area contributed by atoms with Gasteiger partial charge in [0.1, 0.15) is 0 Å². The molecule has 1 N–H and O–H groups in total. The van der Waals surface area contributed by atoms with Gasteiger partial charge in [-0.15, -0.1) is 10.2 Å². The van der Waals surface area contributed by atoms with Crippen LogP contribution in [0.5, 0.6) is 0 Å². The third kappa shape index (κ3) is 4.93. The molecule has 1 aromatic heterocycles. The molecule has 2 aromatic rings. The zero-order chi connectivity index (χ0) is 17.6. The van der Waals surface area contributed by atoms with Crippen molar-refractivity contribution < 1.29 is 4.79 Å². The Balaban J connectivity index is 1.47. The molecule has 0 bridgehead atoms. The first-order valence-electron chi connectivity index (χ1n) is 8.38. The van der Waals surface area contributed by atoms with Crippen LogP contribution in [-0.2, 0) is 11.3 Å². The third-order valence-corrected chi connectivity index (χ3v) is 6.29. The summed E-state index contributed by atoms with van der Waals surface area (Å²) < 4.78 is 0.827. The maximum atomic E-state index is 12.7. The van der Waals surface area contributed by atoms with E-state index in [1.54, 1.807) is 0 Å². The fraction of sp³-hybridized carbons (Fsp3) is 0.471. The summed E-state index contributed by atoms with van der Waals surface area (Å²) in [5.74, 6) is 0.186. The van der Waals surface area contributed by atoms with E-state index in [0.717, 1.165) is 42.2 Å². The van der Waals surface area contributed by atoms with Crippen LogP contribution in [0.15, 0.2) is 34.7 Å². The van der Waals surface area contributed by atoms with Gasteiger partial charge in [-0.3, -0.25) is 9.69 Å². The number of hydrogen-bond acceptors (Lipinski definition) is 7. The SMILES string of the molecule is CNc1nnc(S[C@@H](C)C(=O)N2CCN(Cc3ccccc3)CC2)s1. The van der Waals surface area contributed by atoms with Gasteiger partial charge in [-0.2, -0.15) is 0 Å². The lowest BCUT2D eigenvalue weighted by atomic mass is 10.2. The molecule has 1 aliphatic heterocycles. The van der Waals surface area contributed by atoms with Crippen LogP contribution >= 0.6 is 23.1 Å². The molecule has 1 aliphatic rings. The molecule has 0 radical (unpaired) electrons. The van der Waals surface area contributed by atoms with Gasteiger partial charge in [0.25, 0.3) is 0 Å². The van der Waals surface area contributed by atoms with E-state index in [2.05, 4.69) is 44.7 Å². The van der Waals surface area contributed by atoms with Crippen molar-refractivity contribution >= 4 is 34.1 Å². The van der Waals surface area contributed by atoms with Crippen LogP contribution in [-0.4, -0.2) is 64.4 Å². The zero-order valence-corrected chi connectivity index (χ0v) is 16.1. The van der Waals surface area contributed by atoms with Gasteiger partial charge in [0.2, 0.25) is 11.0 Å². The van der Waals surface area contributed by atoms with Gasteiger partial charge in [-0.1, -0.05) is 53.4 Å². The van der Waals surface area contributed by atoms with Crippen LogP contribution in [0.1, 0.15) is 12.5 Å². The molecule has 0 aliphatic carbocycles. The molecule has 1 amide bonds. The van der Waals surface area contributed by atoms with E-state index in [1.165, 1.54) is 28.7 Å². The number of carbonyl (C=O) groups is 1. The summed E-state index contributed by atoms with van der Waals surface area (Å²) >= 11 is 2.96. The Bertz CT molecular complexity index is 685. The smallest absolute Gasteiger partial charge is 0.235 e. The van der Waals surface area contributed by atoms with Gasteiger partial charge in [0.05, 0.1) is 5.25 Å². The maximum Gasteiger partial charge on any atom is 0.235 e. The normalized spacial score (nSPS) is 16.6. The van der Waals surface area contributed by atoms with E-state index < -0.39 is 0 Å². The molecule has 0 spiro atoms. The number of nitrogens with one attached hydrogen (secondary N) is 1. The summed E-state index contributed by atoms with van der Waals surface area (Å²) in [6.07, 6.45) is 0. The van der Waals surface area contributed by atoms with Crippen LogP contribution < -0.4 is 5.32 Å². The minimum Gasteiger partial charge on any atom is -0.363 e. The average Bonchev–Trinajstić information content (AvgIpc) is 3.10. The summed E-state index contributed by atoms with van der Waals surface area (Å²) in [4.78, 5) is 17.0. The van der Waals surface area contributed by atoms with Crippen molar-refractivity contribution in [2.24, 2.45) is 0 Å². The number of aromatic nitrogens is 2. The minimum atomic E-state index is -0.140. The molecule has 6 nitrogen and oxygen atoms in total. The quantitative estimate of drug-likeness (QED) is 0.780. The van der Waals surface area contributed by atoms with Crippen molar-refractivity contribution in [2.75, 3.05) is 38.5 Å². The summed E-state index contributed by atoms with van der Waals surface area (Å²) in [5.41, 5.74) is 1.32. The number of rotatable bonds is 6. The predicted molar refractivity (Wildman–Crippen MR) is 103 cm³/mol. The highest BCUT2D eigenvalue weighted by Crippen LogP contribution is 2.29. The second-order valence-corrected chi connectivity index (χ2v) is 8.54. The summed E-state index contributed by atoms with van der Waals surface area (Å²) in [6, 6.07) is 10.5. The van der Waals surface area contributed by atoms with E-state index in [0.29, 0.717) is 0 Å². The van der Waals surface area contributed by atoms with Gasteiger partial charge in [0.15, 0.2) is 4.34 Å². The third-order valence-electron chi connectivity index (χ3n) is 4.18. The average molecular weight is 378 g/mol. The standard InChI is InChI=1S/C17H23N5OS2/c1-13(24-17-20-19-16(18-2)25-17)15(23)22-10-8-21(9-11-22)12-14-6-4-3-5-7-14/h3-7,13H,8-12H2,1-2H3,(H,18,19)/t13-/m0/s1. The molecule has 3 rings (SSSR count). The molecule has 134 valence electrons. The highest BCUT2D eigenvalue weighted by atomic mass is 32.2. The Morgan fingerprint density at radius 3 is 2.60 bits per heavy atom. The lowest BCUT2D eigenvalue weighted by Crippen LogP contribution is -2.50. The van der Waals surface area contributed by atoms with Crippen LogP contribution in [0, 0.1) is 0 Å². The Kier molecular flexibility index (Phi) is 6.28. The monoisotopic (exact) mass is 377 g/mol. The molecule has 0 saturated carbocycles. The molecular weight excluding hydrogens is 354 g/mol. The van der Waals surface area contributed by atoms with E-state index in [9.17, 15) is 4.79 Å². The van der Waals surface area contributed by atoms with Crippen LogP contribution in [0.25, 0.3) is 0 Å². The number of thioether (sulfide) groups is 1. The fourth-order valence-corrected chi connectivity index (χ4v) is 4.72. The second kappa shape index (κ2) is 8.64. The van der Waals surface area contributed by atoms with Crippen LogP contribution in [0.4, 0.5) is 5.13 Å². The predicted octanol–water partition coefficient (Wildman–Crippen LogP) is 2.40. The zero-order valence-electron chi connectivity index (χ0n) is 14.5. The molecule has 1 saturated heterocycles. The number of carbonyl (C=O) groups excluding carboxylic acids is 1. The van der Waals surface area contributed by atoms with Crippen molar-refractivity contribution in [1.82, 2.24) is 20.0 Å². The van der Waals surface area contributed by atoms with E-state index in [4.69, 9.17) is 0 Å². The molecule has 2 heterocycles. The first kappa shape index (κ1) is 18.2. The molecule has 8 heteroatoms. The summed E-state index contributed by atoms with van der Waals surface area (Å²) in [5, 5.41) is 11.7. The van der Waals surface area contributed by atoms with Crippen molar-refractivity contribution in [2.45, 2.75) is 23.1 Å². The number of anilines is 1. The van der Waals surface area contributed by atoms with E-state index in [1.807, 2.05) is 24.9 Å². The Hall–Kier alpha value is -1.64. The topological polar surface area (TPSA) is 61.4 Å². The lowest BCUT2D eigenvalue weighted by molar-refractivity contribution is -0.132. The Morgan fingerprint density at radius 2 is 1.96 bits per heavy atom. The highest BCUT2D eigenvalue weighted by molar-refractivity contribution is 8.02. The largest absolute Gasteiger partial charge is 0.363 e. The highest BCUT2D eigenvalue weighted by Gasteiger charge is 2.26. The molecular formula is C17H23N5OS2. The molecule has 25 heavy (non-hydrogen) atoms. The molecule has 1 aromatic carbocycles. The van der Waals surface area contributed by atoms with E-state index >= 15 is 0 Å². The van der Waals surface area contributed by atoms with Crippen molar-refractivity contribution in [1.29, 1.82) is 0 Å². The molecule has 1 atom stereocenters. The Labute approximate surface area is 156 Å². The summed E-state index contributed by atoms with van der Waals surface area (Å²) in [6.45, 7) is 6.30. The second-order valence-electron chi connectivity index (χ2n) is 5.97. The first-order valence-corrected chi connectivity index (χ1v) is 10.1. The number of amides is 1. The number of hydrogen-bond donors (Lipinski definition) is 1. The number of benzene rings is 1. The maximum absolute atomic E-state index is 12.7. The van der Waals surface area contributed by atoms with Gasteiger partial charge >= 0.3 is 0 Å². The number of piperazine rings is 1. The first-order chi connectivity index (χ1) is 12.2. The molecule has 0 unspecified atom stereocenters. The molecule has 1 fully saturated rings. The van der Waals surface area contributed by atoms with Crippen molar-refractivity contribution in [3.63, 3.8) is 0 Å². The number of nitrogens with zero attached hydrogens (tertiary/aromatic N) is 4.